The van der Waals surface area contributed by atoms with Gasteiger partial charge in [0.1, 0.15) is 11.6 Å². The van der Waals surface area contributed by atoms with E-state index in [9.17, 15) is 4.79 Å². The minimum Gasteiger partial charge on any atom is -0.401 e. The molecule has 0 aromatic rings. The summed E-state index contributed by atoms with van der Waals surface area (Å²) in [4.78, 5) is 13.9. The van der Waals surface area contributed by atoms with Gasteiger partial charge in [0.2, 0.25) is 0 Å². The molecule has 0 aliphatic heterocycles. The quantitative estimate of drug-likeness (QED) is 0.593. The lowest BCUT2D eigenvalue weighted by atomic mass is 9.94. The Kier molecular flexibility index (Phi) is 5.17. The highest BCUT2D eigenvalue weighted by Crippen LogP contribution is 2.21. The second-order valence-electron chi connectivity index (χ2n) is 4.80. The SMILES string of the molecule is CC(N)=C(C#N)C(=O)CN(C)C1CCCCC1. The zero-order chi connectivity index (χ0) is 12.8. The molecule has 0 bridgehead atoms. The van der Waals surface area contributed by atoms with Crippen LogP contribution < -0.4 is 5.73 Å². The van der Waals surface area contributed by atoms with Crippen molar-refractivity contribution in [1.82, 2.24) is 4.90 Å². The molecule has 1 fully saturated rings. The van der Waals surface area contributed by atoms with E-state index in [-0.39, 0.29) is 11.4 Å². The van der Waals surface area contributed by atoms with Gasteiger partial charge in [-0.05, 0) is 26.8 Å². The third kappa shape index (κ3) is 3.86. The fourth-order valence-electron chi connectivity index (χ4n) is 2.33. The number of allylic oxidation sites excluding steroid dienone is 1. The lowest BCUT2D eigenvalue weighted by molar-refractivity contribution is -0.116. The first kappa shape index (κ1) is 13.7. The fourth-order valence-corrected chi connectivity index (χ4v) is 2.33. The minimum atomic E-state index is -0.166. The van der Waals surface area contributed by atoms with Crippen LogP contribution in [-0.4, -0.2) is 30.3 Å². The van der Waals surface area contributed by atoms with Crippen molar-refractivity contribution in [3.63, 3.8) is 0 Å². The van der Waals surface area contributed by atoms with Crippen LogP contribution >= 0.6 is 0 Å². The molecule has 17 heavy (non-hydrogen) atoms. The van der Waals surface area contributed by atoms with Crippen molar-refractivity contribution >= 4 is 5.78 Å². The van der Waals surface area contributed by atoms with Crippen LogP contribution in [0.1, 0.15) is 39.0 Å². The van der Waals surface area contributed by atoms with Crippen molar-refractivity contribution in [2.45, 2.75) is 45.1 Å². The molecule has 2 N–H and O–H groups in total. The van der Waals surface area contributed by atoms with Gasteiger partial charge in [0.25, 0.3) is 0 Å². The van der Waals surface area contributed by atoms with Crippen LogP contribution in [0.25, 0.3) is 0 Å². The molecule has 0 aromatic heterocycles. The van der Waals surface area contributed by atoms with Gasteiger partial charge >= 0.3 is 0 Å². The topological polar surface area (TPSA) is 70.1 Å². The zero-order valence-electron chi connectivity index (χ0n) is 10.7. The number of nitrogens with zero attached hydrogens (tertiary/aromatic N) is 2. The lowest BCUT2D eigenvalue weighted by Crippen LogP contribution is -2.37. The van der Waals surface area contributed by atoms with Gasteiger partial charge < -0.3 is 5.73 Å². The predicted molar refractivity (Wildman–Crippen MR) is 67.0 cm³/mol. The van der Waals surface area contributed by atoms with Crippen LogP contribution in [0.15, 0.2) is 11.3 Å². The van der Waals surface area contributed by atoms with E-state index in [1.54, 1.807) is 6.92 Å². The average molecular weight is 235 g/mol. The molecule has 0 unspecified atom stereocenters. The second kappa shape index (κ2) is 6.41. The largest absolute Gasteiger partial charge is 0.401 e. The molecule has 0 amide bonds. The maximum atomic E-state index is 11.9. The second-order valence-corrected chi connectivity index (χ2v) is 4.80. The van der Waals surface area contributed by atoms with E-state index >= 15 is 0 Å². The van der Waals surface area contributed by atoms with Crippen molar-refractivity contribution in [3.8, 4) is 6.07 Å². The number of rotatable bonds is 4. The van der Waals surface area contributed by atoms with Gasteiger partial charge in [0, 0.05) is 11.7 Å². The maximum Gasteiger partial charge on any atom is 0.189 e. The van der Waals surface area contributed by atoms with Gasteiger partial charge in [0.05, 0.1) is 6.54 Å². The number of hydrogen-bond acceptors (Lipinski definition) is 4. The summed E-state index contributed by atoms with van der Waals surface area (Å²) in [6.45, 7) is 1.89. The number of carbonyl (C=O) groups excluding carboxylic acids is 1. The molecule has 0 atom stereocenters. The summed E-state index contributed by atoms with van der Waals surface area (Å²) in [7, 11) is 1.95. The summed E-state index contributed by atoms with van der Waals surface area (Å²) in [5, 5.41) is 8.86. The molecule has 4 nitrogen and oxygen atoms in total. The first-order valence-electron chi connectivity index (χ1n) is 6.16. The summed E-state index contributed by atoms with van der Waals surface area (Å²) < 4.78 is 0. The molecule has 1 saturated carbocycles. The van der Waals surface area contributed by atoms with E-state index in [0.717, 1.165) is 12.8 Å². The summed E-state index contributed by atoms with van der Waals surface area (Å²) in [5.74, 6) is -0.166. The van der Waals surface area contributed by atoms with Gasteiger partial charge in [-0.25, -0.2) is 0 Å². The van der Waals surface area contributed by atoms with Crippen LogP contribution in [-0.2, 0) is 4.79 Å². The van der Waals surface area contributed by atoms with Gasteiger partial charge in [0.15, 0.2) is 5.78 Å². The van der Waals surface area contributed by atoms with Gasteiger partial charge in [-0.3, -0.25) is 9.69 Å². The summed E-state index contributed by atoms with van der Waals surface area (Å²) >= 11 is 0. The number of ketones is 1. The zero-order valence-corrected chi connectivity index (χ0v) is 10.7. The number of nitriles is 1. The number of Topliss-reactive ketones (excluding diaryl/α,β-unsaturated/α-hetero) is 1. The highest BCUT2D eigenvalue weighted by atomic mass is 16.1. The first-order valence-corrected chi connectivity index (χ1v) is 6.16. The van der Waals surface area contributed by atoms with E-state index in [4.69, 9.17) is 11.0 Å². The Bertz CT molecular complexity index is 344. The van der Waals surface area contributed by atoms with E-state index in [2.05, 4.69) is 4.90 Å². The Labute approximate surface area is 103 Å². The van der Waals surface area contributed by atoms with Gasteiger partial charge in [-0.1, -0.05) is 19.3 Å². The molecule has 4 heteroatoms. The highest BCUT2D eigenvalue weighted by Gasteiger charge is 2.21. The van der Waals surface area contributed by atoms with E-state index in [0.29, 0.717) is 18.3 Å². The maximum absolute atomic E-state index is 11.9. The van der Waals surface area contributed by atoms with Crippen molar-refractivity contribution < 1.29 is 4.79 Å². The van der Waals surface area contributed by atoms with Crippen molar-refractivity contribution in [2.24, 2.45) is 5.73 Å². The predicted octanol–water partition coefficient (Wildman–Crippen LogP) is 1.58. The Hall–Kier alpha value is -1.34. The average Bonchev–Trinajstić information content (AvgIpc) is 2.30. The molecule has 0 spiro atoms. The van der Waals surface area contributed by atoms with E-state index in [1.807, 2.05) is 13.1 Å². The normalized spacial score (nSPS) is 18.7. The summed E-state index contributed by atoms with van der Waals surface area (Å²) in [6.07, 6.45) is 6.07. The van der Waals surface area contributed by atoms with Crippen molar-refractivity contribution in [2.75, 3.05) is 13.6 Å². The molecule has 0 radical (unpaired) electrons. The summed E-state index contributed by atoms with van der Waals surface area (Å²) in [6, 6.07) is 2.37. The monoisotopic (exact) mass is 235 g/mol. The molecule has 1 aliphatic carbocycles. The van der Waals surface area contributed by atoms with Crippen LogP contribution in [0, 0.1) is 11.3 Å². The van der Waals surface area contributed by atoms with Crippen molar-refractivity contribution in [1.29, 1.82) is 5.26 Å². The lowest BCUT2D eigenvalue weighted by Gasteiger charge is -2.30. The minimum absolute atomic E-state index is 0.104. The Morgan fingerprint density at radius 3 is 2.47 bits per heavy atom. The molecule has 1 aliphatic rings. The van der Waals surface area contributed by atoms with Crippen LogP contribution in [0.2, 0.25) is 0 Å². The molecule has 0 saturated heterocycles. The smallest absolute Gasteiger partial charge is 0.189 e. The van der Waals surface area contributed by atoms with Crippen molar-refractivity contribution in [3.05, 3.63) is 11.3 Å². The van der Waals surface area contributed by atoms with E-state index < -0.39 is 0 Å². The van der Waals surface area contributed by atoms with Crippen LogP contribution in [0.3, 0.4) is 0 Å². The first-order chi connectivity index (χ1) is 8.06. The third-order valence-corrected chi connectivity index (χ3v) is 3.38. The Morgan fingerprint density at radius 1 is 1.41 bits per heavy atom. The highest BCUT2D eigenvalue weighted by molar-refractivity contribution is 6.00. The number of hydrogen-bond donors (Lipinski definition) is 1. The van der Waals surface area contributed by atoms with Crippen LogP contribution in [0.4, 0.5) is 0 Å². The molecule has 1 rings (SSSR count). The van der Waals surface area contributed by atoms with E-state index in [1.165, 1.54) is 19.3 Å². The number of nitrogens with two attached hydrogens (primary N) is 1. The Morgan fingerprint density at radius 2 is 2.00 bits per heavy atom. The van der Waals surface area contributed by atoms with Gasteiger partial charge in [-0.2, -0.15) is 5.26 Å². The van der Waals surface area contributed by atoms with Crippen LogP contribution in [0.5, 0.6) is 0 Å². The number of carbonyl (C=O) groups is 1. The molecular weight excluding hydrogens is 214 g/mol. The molecular formula is C13H21N3O. The summed E-state index contributed by atoms with van der Waals surface area (Å²) in [5.41, 5.74) is 5.94. The molecule has 0 heterocycles. The molecule has 0 aromatic carbocycles. The standard InChI is InChI=1S/C13H21N3O/c1-10(15)12(8-14)13(17)9-16(2)11-6-4-3-5-7-11/h11H,3-7,9,15H2,1-2H3. The third-order valence-electron chi connectivity index (χ3n) is 3.38. The Balaban J connectivity index is 2.56. The fraction of sp³-hybridized carbons (Fsp3) is 0.692. The number of likely N-dealkylation sites (N-methyl/N-ethyl adjacent to an activating group) is 1. The molecule has 94 valence electrons. The van der Waals surface area contributed by atoms with Gasteiger partial charge in [-0.15, -0.1) is 0 Å².